The molecule has 1 aliphatic rings. The zero-order valence-corrected chi connectivity index (χ0v) is 17.1. The second kappa shape index (κ2) is 7.63. The lowest BCUT2D eigenvalue weighted by Gasteiger charge is -2.28. The van der Waals surface area contributed by atoms with Crippen molar-refractivity contribution in [1.82, 2.24) is 19.9 Å². The van der Waals surface area contributed by atoms with Gasteiger partial charge in [-0.3, -0.25) is 4.98 Å². The molecule has 3 aromatic heterocycles. The Morgan fingerprint density at radius 2 is 1.93 bits per heavy atom. The lowest BCUT2D eigenvalue weighted by molar-refractivity contribution is 0.415. The summed E-state index contributed by atoms with van der Waals surface area (Å²) in [6.45, 7) is 3.74. The first kappa shape index (κ1) is 18.4. The zero-order valence-electron chi connectivity index (χ0n) is 17.1. The smallest absolute Gasteiger partial charge is 0.161 e. The third kappa shape index (κ3) is 3.41. The molecule has 1 N–H and O–H groups in total. The number of benzene rings is 1. The van der Waals surface area contributed by atoms with Crippen LogP contribution in [0, 0.1) is 6.92 Å². The molecule has 1 aromatic carbocycles. The number of aromatic amines is 1. The van der Waals surface area contributed by atoms with Crippen molar-refractivity contribution in [1.29, 1.82) is 0 Å². The van der Waals surface area contributed by atoms with E-state index in [9.17, 15) is 0 Å². The number of hydrogen-bond acceptors (Lipinski definition) is 5. The van der Waals surface area contributed by atoms with E-state index in [1.54, 1.807) is 19.5 Å². The predicted molar refractivity (Wildman–Crippen MR) is 120 cm³/mol. The number of ether oxygens (including phenoxy) is 1. The number of methoxy groups -OCH3 is 1. The number of nitrogens with one attached hydrogen (secondary N) is 1. The number of fused-ring (bicyclic) bond motifs is 1. The number of rotatable bonds is 4. The van der Waals surface area contributed by atoms with E-state index in [1.807, 2.05) is 25.1 Å². The molecule has 0 saturated heterocycles. The number of aryl methyl sites for hydroxylation is 1. The van der Waals surface area contributed by atoms with E-state index in [4.69, 9.17) is 9.72 Å². The molecule has 30 heavy (non-hydrogen) atoms. The van der Waals surface area contributed by atoms with Gasteiger partial charge >= 0.3 is 0 Å². The fourth-order valence-corrected chi connectivity index (χ4v) is 3.96. The quantitative estimate of drug-likeness (QED) is 0.544. The van der Waals surface area contributed by atoms with Gasteiger partial charge in [0.1, 0.15) is 11.6 Å². The maximum atomic E-state index is 5.41. The average Bonchev–Trinajstić information content (AvgIpc) is 3.22. The van der Waals surface area contributed by atoms with Crippen LogP contribution in [-0.2, 0) is 0 Å². The lowest BCUT2D eigenvalue weighted by atomic mass is 9.99. The van der Waals surface area contributed by atoms with E-state index in [-0.39, 0.29) is 0 Å². The molecule has 0 saturated carbocycles. The van der Waals surface area contributed by atoms with Crippen LogP contribution in [0.4, 0.5) is 5.82 Å². The number of H-pyrrole nitrogens is 1. The molecular weight excluding hydrogens is 374 g/mol. The summed E-state index contributed by atoms with van der Waals surface area (Å²) >= 11 is 0. The normalized spacial score (nSPS) is 14.1. The highest BCUT2D eigenvalue weighted by Crippen LogP contribution is 2.32. The van der Waals surface area contributed by atoms with Gasteiger partial charge in [0, 0.05) is 65.5 Å². The van der Waals surface area contributed by atoms with Crippen LogP contribution in [0.1, 0.15) is 17.7 Å². The van der Waals surface area contributed by atoms with Gasteiger partial charge in [-0.1, -0.05) is 6.08 Å². The Bertz CT molecular complexity index is 1230. The Morgan fingerprint density at radius 1 is 1.07 bits per heavy atom. The monoisotopic (exact) mass is 397 g/mol. The Hall–Kier alpha value is -3.67. The largest absolute Gasteiger partial charge is 0.497 e. The third-order valence-corrected chi connectivity index (χ3v) is 5.55. The maximum absolute atomic E-state index is 5.41. The van der Waals surface area contributed by atoms with E-state index in [1.165, 1.54) is 16.5 Å². The molecule has 5 rings (SSSR count). The van der Waals surface area contributed by atoms with E-state index in [2.05, 4.69) is 50.3 Å². The van der Waals surface area contributed by atoms with Crippen LogP contribution in [0.2, 0.25) is 0 Å². The molecule has 1 aliphatic heterocycles. The maximum Gasteiger partial charge on any atom is 0.161 e. The number of nitrogens with zero attached hydrogens (tertiary/aromatic N) is 4. The van der Waals surface area contributed by atoms with Gasteiger partial charge in [0.2, 0.25) is 0 Å². The molecular formula is C24H23N5O. The summed E-state index contributed by atoms with van der Waals surface area (Å²) < 4.78 is 5.41. The summed E-state index contributed by atoms with van der Waals surface area (Å²) in [6.07, 6.45) is 8.90. The highest BCUT2D eigenvalue weighted by atomic mass is 16.5. The molecule has 150 valence electrons. The van der Waals surface area contributed by atoms with Crippen molar-refractivity contribution in [2.24, 2.45) is 0 Å². The Kier molecular flexibility index (Phi) is 4.67. The molecule has 0 radical (unpaired) electrons. The van der Waals surface area contributed by atoms with Gasteiger partial charge in [0.15, 0.2) is 5.82 Å². The fraction of sp³-hybridized carbons (Fsp3) is 0.208. The standard InChI is InChI=1S/C24H23N5O/c1-16-13-23(28-24(27-16)18-5-9-25-10-6-18)29-11-7-17(8-12-29)21-15-26-22-4-3-19(30-2)14-20(21)22/h3-7,9-10,13-15,26H,8,11-12H2,1-2H3. The van der Waals surface area contributed by atoms with Crippen molar-refractivity contribution in [3.63, 3.8) is 0 Å². The molecule has 0 atom stereocenters. The van der Waals surface area contributed by atoms with Gasteiger partial charge < -0.3 is 14.6 Å². The predicted octanol–water partition coefficient (Wildman–Crippen LogP) is 4.63. The van der Waals surface area contributed by atoms with Crippen LogP contribution in [0.3, 0.4) is 0 Å². The molecule has 6 nitrogen and oxygen atoms in total. The highest BCUT2D eigenvalue weighted by Gasteiger charge is 2.18. The summed E-state index contributed by atoms with van der Waals surface area (Å²) in [6, 6.07) is 12.1. The average molecular weight is 397 g/mol. The van der Waals surface area contributed by atoms with Gasteiger partial charge in [0.25, 0.3) is 0 Å². The first-order valence-electron chi connectivity index (χ1n) is 10.1. The van der Waals surface area contributed by atoms with Gasteiger partial charge in [0.05, 0.1) is 7.11 Å². The molecule has 0 aliphatic carbocycles. The minimum absolute atomic E-state index is 0.742. The number of pyridine rings is 1. The van der Waals surface area contributed by atoms with Crippen LogP contribution in [-0.4, -0.2) is 40.1 Å². The topological polar surface area (TPSA) is 66.9 Å². The lowest BCUT2D eigenvalue weighted by Crippen LogP contribution is -2.29. The van der Waals surface area contributed by atoms with E-state index in [0.29, 0.717) is 0 Å². The Balaban J connectivity index is 1.43. The zero-order chi connectivity index (χ0) is 20.5. The first-order valence-corrected chi connectivity index (χ1v) is 10.1. The third-order valence-electron chi connectivity index (χ3n) is 5.55. The highest BCUT2D eigenvalue weighted by molar-refractivity contribution is 5.94. The van der Waals surface area contributed by atoms with E-state index in [0.717, 1.165) is 53.7 Å². The summed E-state index contributed by atoms with van der Waals surface area (Å²) in [7, 11) is 1.70. The molecule has 6 heteroatoms. The number of aromatic nitrogens is 4. The number of anilines is 1. The van der Waals surface area contributed by atoms with Crippen molar-refractivity contribution in [3.05, 3.63) is 72.3 Å². The van der Waals surface area contributed by atoms with Crippen LogP contribution in [0.5, 0.6) is 5.75 Å². The van der Waals surface area contributed by atoms with Gasteiger partial charge in [-0.2, -0.15) is 0 Å². The molecule has 4 heterocycles. The van der Waals surface area contributed by atoms with Gasteiger partial charge in [-0.15, -0.1) is 0 Å². The number of hydrogen-bond donors (Lipinski definition) is 1. The first-order chi connectivity index (χ1) is 14.7. The molecule has 4 aromatic rings. The Labute approximate surface area is 175 Å². The molecule has 0 bridgehead atoms. The van der Waals surface area contributed by atoms with Crippen LogP contribution in [0.15, 0.2) is 61.1 Å². The second-order valence-electron chi connectivity index (χ2n) is 7.47. The van der Waals surface area contributed by atoms with Crippen LogP contribution in [0.25, 0.3) is 27.9 Å². The molecule has 0 spiro atoms. The SMILES string of the molecule is COc1ccc2[nH]cc(C3=CCN(c4cc(C)nc(-c5ccncc5)n4)CC3)c2c1. The van der Waals surface area contributed by atoms with Crippen molar-refractivity contribution in [2.45, 2.75) is 13.3 Å². The fourth-order valence-electron chi connectivity index (χ4n) is 3.96. The molecule has 0 unspecified atom stereocenters. The van der Waals surface area contributed by atoms with Gasteiger partial charge in [-0.25, -0.2) is 9.97 Å². The van der Waals surface area contributed by atoms with Crippen molar-refractivity contribution >= 4 is 22.3 Å². The van der Waals surface area contributed by atoms with E-state index < -0.39 is 0 Å². The summed E-state index contributed by atoms with van der Waals surface area (Å²) in [5.41, 5.74) is 5.68. The van der Waals surface area contributed by atoms with E-state index >= 15 is 0 Å². The minimum atomic E-state index is 0.742. The molecule has 0 fully saturated rings. The summed E-state index contributed by atoms with van der Waals surface area (Å²) in [5.74, 6) is 2.58. The second-order valence-corrected chi connectivity index (χ2v) is 7.47. The minimum Gasteiger partial charge on any atom is -0.497 e. The van der Waals surface area contributed by atoms with Gasteiger partial charge in [-0.05, 0) is 49.2 Å². The summed E-state index contributed by atoms with van der Waals surface area (Å²) in [5, 5.41) is 1.20. The summed E-state index contributed by atoms with van der Waals surface area (Å²) in [4.78, 5) is 19.2. The van der Waals surface area contributed by atoms with Crippen LogP contribution < -0.4 is 9.64 Å². The van der Waals surface area contributed by atoms with Crippen molar-refractivity contribution in [3.8, 4) is 17.1 Å². The van der Waals surface area contributed by atoms with Crippen LogP contribution >= 0.6 is 0 Å². The van der Waals surface area contributed by atoms with Crippen molar-refractivity contribution in [2.75, 3.05) is 25.1 Å². The molecule has 0 amide bonds. The Morgan fingerprint density at radius 3 is 2.70 bits per heavy atom. The van der Waals surface area contributed by atoms with Crippen molar-refractivity contribution < 1.29 is 4.74 Å².